The van der Waals surface area contributed by atoms with E-state index in [1.54, 1.807) is 37.4 Å². The number of ketones is 1. The van der Waals surface area contributed by atoms with Gasteiger partial charge in [0.05, 0.1) is 14.2 Å². The first kappa shape index (κ1) is 22.3. The number of methoxy groups -OCH3 is 2. The Kier molecular flexibility index (Phi) is 8.08. The minimum atomic E-state index is -0.284. The van der Waals surface area contributed by atoms with Crippen LogP contribution in [0.2, 0.25) is 0 Å². The van der Waals surface area contributed by atoms with Gasteiger partial charge >= 0.3 is 0 Å². The lowest BCUT2D eigenvalue weighted by Gasteiger charge is -2.16. The Morgan fingerprint density at radius 3 is 2.24 bits per heavy atom. The Bertz CT molecular complexity index is 904. The van der Waals surface area contributed by atoms with Crippen LogP contribution in [0.15, 0.2) is 59.7 Å². The quantitative estimate of drug-likeness (QED) is 0.426. The molecule has 2 aromatic carbocycles. The van der Waals surface area contributed by atoms with Crippen molar-refractivity contribution in [1.82, 2.24) is 0 Å². The first-order valence-electron chi connectivity index (χ1n) is 9.74. The SMILES string of the molecule is COc1cc(OC)c(C(=O)c2ccccc2)c(O)c1CC=C(C)CCC=C(C)C. The number of benzene rings is 2. The minimum Gasteiger partial charge on any atom is -0.507 e. The van der Waals surface area contributed by atoms with E-state index in [2.05, 4.69) is 32.9 Å². The van der Waals surface area contributed by atoms with Gasteiger partial charge in [-0.15, -0.1) is 0 Å². The second kappa shape index (κ2) is 10.5. The van der Waals surface area contributed by atoms with Gasteiger partial charge in [-0.25, -0.2) is 0 Å². The molecule has 2 rings (SSSR count). The van der Waals surface area contributed by atoms with Gasteiger partial charge in [-0.2, -0.15) is 0 Å². The van der Waals surface area contributed by atoms with Gasteiger partial charge in [0.25, 0.3) is 0 Å². The summed E-state index contributed by atoms with van der Waals surface area (Å²) in [4.78, 5) is 13.0. The second-order valence-electron chi connectivity index (χ2n) is 7.25. The maximum Gasteiger partial charge on any atom is 0.200 e. The van der Waals surface area contributed by atoms with Crippen molar-refractivity contribution in [1.29, 1.82) is 0 Å². The first-order chi connectivity index (χ1) is 13.9. The van der Waals surface area contributed by atoms with Crippen molar-refractivity contribution in [2.24, 2.45) is 0 Å². The van der Waals surface area contributed by atoms with Crippen molar-refractivity contribution in [2.45, 2.75) is 40.0 Å². The maximum absolute atomic E-state index is 13.0. The van der Waals surface area contributed by atoms with Crippen LogP contribution >= 0.6 is 0 Å². The Morgan fingerprint density at radius 1 is 1.00 bits per heavy atom. The molecular weight excluding hydrogens is 364 g/mol. The average molecular weight is 395 g/mol. The molecule has 4 heteroatoms. The summed E-state index contributed by atoms with van der Waals surface area (Å²) in [6, 6.07) is 10.5. The van der Waals surface area contributed by atoms with Gasteiger partial charge in [0.1, 0.15) is 22.8 Å². The molecule has 0 saturated heterocycles. The first-order valence-corrected chi connectivity index (χ1v) is 9.74. The van der Waals surface area contributed by atoms with Crippen LogP contribution in [0.3, 0.4) is 0 Å². The van der Waals surface area contributed by atoms with Crippen LogP contribution in [0.4, 0.5) is 0 Å². The molecule has 0 saturated carbocycles. The van der Waals surface area contributed by atoms with Gasteiger partial charge in [0.2, 0.25) is 5.78 Å². The predicted molar refractivity (Wildman–Crippen MR) is 117 cm³/mol. The average Bonchev–Trinajstić information content (AvgIpc) is 2.72. The molecule has 0 radical (unpaired) electrons. The summed E-state index contributed by atoms with van der Waals surface area (Å²) in [6.07, 6.45) is 6.67. The number of phenols is 1. The number of hydrogen-bond acceptors (Lipinski definition) is 4. The molecule has 29 heavy (non-hydrogen) atoms. The van der Waals surface area contributed by atoms with E-state index in [1.807, 2.05) is 6.07 Å². The fourth-order valence-electron chi connectivity index (χ4n) is 3.12. The molecule has 1 N–H and O–H groups in total. The largest absolute Gasteiger partial charge is 0.507 e. The van der Waals surface area contributed by atoms with E-state index in [-0.39, 0.29) is 17.1 Å². The lowest BCUT2D eigenvalue weighted by atomic mass is 9.96. The number of carbonyl (C=O) groups is 1. The monoisotopic (exact) mass is 394 g/mol. The van der Waals surface area contributed by atoms with Crippen LogP contribution in [0.25, 0.3) is 0 Å². The molecule has 0 spiro atoms. The number of allylic oxidation sites excluding steroid dienone is 4. The maximum atomic E-state index is 13.0. The molecule has 2 aromatic rings. The van der Waals surface area contributed by atoms with Crippen LogP contribution < -0.4 is 9.47 Å². The van der Waals surface area contributed by atoms with Crippen molar-refractivity contribution in [3.8, 4) is 17.2 Å². The number of phenolic OH excluding ortho intramolecular Hbond substituents is 1. The van der Waals surface area contributed by atoms with E-state index in [4.69, 9.17) is 9.47 Å². The fraction of sp³-hybridized carbons (Fsp3) is 0.320. The third kappa shape index (κ3) is 5.74. The molecule has 0 amide bonds. The van der Waals surface area contributed by atoms with E-state index < -0.39 is 0 Å². The van der Waals surface area contributed by atoms with Crippen LogP contribution in [0, 0.1) is 0 Å². The molecule has 154 valence electrons. The smallest absolute Gasteiger partial charge is 0.200 e. The zero-order chi connectivity index (χ0) is 21.4. The zero-order valence-electron chi connectivity index (χ0n) is 17.9. The normalized spacial score (nSPS) is 11.1. The van der Waals surface area contributed by atoms with Gasteiger partial charge in [-0.1, -0.05) is 53.6 Å². The summed E-state index contributed by atoms with van der Waals surface area (Å²) < 4.78 is 10.8. The summed E-state index contributed by atoms with van der Waals surface area (Å²) in [5, 5.41) is 11.0. The molecule has 0 aliphatic heterocycles. The summed E-state index contributed by atoms with van der Waals surface area (Å²) in [5.74, 6) is 0.412. The van der Waals surface area contributed by atoms with Crippen LogP contribution in [-0.4, -0.2) is 25.1 Å². The summed E-state index contributed by atoms with van der Waals surface area (Å²) >= 11 is 0. The third-order valence-electron chi connectivity index (χ3n) is 4.78. The van der Waals surface area contributed by atoms with Crippen LogP contribution in [0.5, 0.6) is 17.2 Å². The number of ether oxygens (including phenoxy) is 2. The van der Waals surface area contributed by atoms with Crippen molar-refractivity contribution in [3.63, 3.8) is 0 Å². The van der Waals surface area contributed by atoms with Crippen LogP contribution in [0.1, 0.15) is 55.1 Å². The Labute approximate surface area is 173 Å². The Hall–Kier alpha value is -3.01. The van der Waals surface area contributed by atoms with Gasteiger partial charge in [0.15, 0.2) is 0 Å². The standard InChI is InChI=1S/C25H30O4/c1-17(2)10-9-11-18(3)14-15-20-21(28-4)16-22(29-5)23(25(20)27)24(26)19-12-7-6-8-13-19/h6-8,10,12-14,16,27H,9,11,15H2,1-5H3. The Balaban J connectivity index is 2.42. The van der Waals surface area contributed by atoms with Crippen molar-refractivity contribution in [3.05, 3.63) is 76.4 Å². The molecule has 0 aliphatic rings. The van der Waals surface area contributed by atoms with Gasteiger partial charge in [-0.05, 0) is 40.0 Å². The lowest BCUT2D eigenvalue weighted by molar-refractivity contribution is 0.103. The number of rotatable bonds is 9. The number of hydrogen-bond donors (Lipinski definition) is 1. The van der Waals surface area contributed by atoms with E-state index in [1.165, 1.54) is 18.3 Å². The van der Waals surface area contributed by atoms with Crippen molar-refractivity contribution < 1.29 is 19.4 Å². The van der Waals surface area contributed by atoms with E-state index in [9.17, 15) is 9.90 Å². The van der Waals surface area contributed by atoms with E-state index >= 15 is 0 Å². The highest BCUT2D eigenvalue weighted by Gasteiger charge is 2.24. The van der Waals surface area contributed by atoms with Gasteiger partial charge in [-0.3, -0.25) is 4.79 Å². The van der Waals surface area contributed by atoms with Crippen molar-refractivity contribution >= 4 is 5.78 Å². The number of carbonyl (C=O) groups excluding carboxylic acids is 1. The molecule has 0 atom stereocenters. The summed E-state index contributed by atoms with van der Waals surface area (Å²) in [7, 11) is 3.02. The molecule has 0 aromatic heterocycles. The topological polar surface area (TPSA) is 55.8 Å². The van der Waals surface area contributed by atoms with Crippen LogP contribution in [-0.2, 0) is 6.42 Å². The van der Waals surface area contributed by atoms with Gasteiger partial charge < -0.3 is 14.6 Å². The van der Waals surface area contributed by atoms with E-state index in [0.29, 0.717) is 29.0 Å². The zero-order valence-corrected chi connectivity index (χ0v) is 17.9. The molecule has 0 unspecified atom stereocenters. The molecular formula is C25H30O4. The highest BCUT2D eigenvalue weighted by atomic mass is 16.5. The fourth-order valence-corrected chi connectivity index (χ4v) is 3.12. The summed E-state index contributed by atoms with van der Waals surface area (Å²) in [6.45, 7) is 6.25. The Morgan fingerprint density at radius 2 is 1.66 bits per heavy atom. The predicted octanol–water partition coefficient (Wildman–Crippen LogP) is 5.88. The lowest BCUT2D eigenvalue weighted by Crippen LogP contribution is -2.07. The molecule has 0 bridgehead atoms. The minimum absolute atomic E-state index is 0.0941. The molecule has 4 nitrogen and oxygen atoms in total. The second-order valence-corrected chi connectivity index (χ2v) is 7.25. The number of aromatic hydroxyl groups is 1. The van der Waals surface area contributed by atoms with E-state index in [0.717, 1.165) is 12.8 Å². The highest BCUT2D eigenvalue weighted by Crippen LogP contribution is 2.40. The molecule has 0 heterocycles. The molecule has 0 fully saturated rings. The molecule has 0 aliphatic carbocycles. The third-order valence-corrected chi connectivity index (χ3v) is 4.78. The highest BCUT2D eigenvalue weighted by molar-refractivity contribution is 6.13. The van der Waals surface area contributed by atoms with Crippen molar-refractivity contribution in [2.75, 3.05) is 14.2 Å². The summed E-state index contributed by atoms with van der Waals surface area (Å²) in [5.41, 5.74) is 3.75. The van der Waals surface area contributed by atoms with Gasteiger partial charge in [0, 0.05) is 17.2 Å².